The highest BCUT2D eigenvalue weighted by atomic mass is 32.2. The summed E-state index contributed by atoms with van der Waals surface area (Å²) in [7, 11) is -3.78. The van der Waals surface area contributed by atoms with Gasteiger partial charge in [-0.1, -0.05) is 24.8 Å². The van der Waals surface area contributed by atoms with Gasteiger partial charge in [-0.2, -0.15) is 8.42 Å². The molecule has 0 fully saturated rings. The average molecular weight is 256 g/mol. The van der Waals surface area contributed by atoms with Gasteiger partial charge in [0.05, 0.1) is 4.90 Å². The van der Waals surface area contributed by atoms with Gasteiger partial charge in [-0.25, -0.2) is 4.79 Å². The first kappa shape index (κ1) is 13.4. The van der Waals surface area contributed by atoms with Crippen LogP contribution >= 0.6 is 0 Å². The molecule has 0 unspecified atom stereocenters. The Kier molecular flexibility index (Phi) is 4.86. The summed E-state index contributed by atoms with van der Waals surface area (Å²) in [6.45, 7) is 2.83. The molecule has 0 saturated heterocycles. The smallest absolute Gasteiger partial charge is 0.330 e. The van der Waals surface area contributed by atoms with Crippen molar-refractivity contribution in [3.63, 3.8) is 0 Å². The fraction of sp³-hybridized carbons (Fsp3) is 0.182. The Hall–Kier alpha value is -1.66. The number of esters is 1. The zero-order chi connectivity index (χ0) is 12.7. The molecule has 0 atom stereocenters. The van der Waals surface area contributed by atoms with Gasteiger partial charge in [0.1, 0.15) is 13.2 Å². The van der Waals surface area contributed by atoms with Crippen molar-refractivity contribution in [1.82, 2.24) is 0 Å². The maximum atomic E-state index is 11.6. The summed E-state index contributed by atoms with van der Waals surface area (Å²) in [6.07, 6.45) is 0.992. The Morgan fingerprint density at radius 1 is 1.24 bits per heavy atom. The molecule has 0 aliphatic carbocycles. The third-order valence-electron chi connectivity index (χ3n) is 1.76. The van der Waals surface area contributed by atoms with Crippen LogP contribution in [-0.4, -0.2) is 27.6 Å². The topological polar surface area (TPSA) is 69.7 Å². The van der Waals surface area contributed by atoms with Crippen LogP contribution in [0, 0.1) is 0 Å². The predicted molar refractivity (Wildman–Crippen MR) is 60.7 cm³/mol. The van der Waals surface area contributed by atoms with Gasteiger partial charge in [0.15, 0.2) is 0 Å². The molecule has 6 heteroatoms. The van der Waals surface area contributed by atoms with Gasteiger partial charge in [-0.05, 0) is 12.1 Å². The first-order valence-corrected chi connectivity index (χ1v) is 6.21. The van der Waals surface area contributed by atoms with Crippen molar-refractivity contribution in [2.45, 2.75) is 4.90 Å². The molecule has 0 bridgehead atoms. The quantitative estimate of drug-likeness (QED) is 0.330. The molecule has 92 valence electrons. The number of rotatable bonds is 6. The number of benzene rings is 1. The first-order valence-electron chi connectivity index (χ1n) is 4.80. The summed E-state index contributed by atoms with van der Waals surface area (Å²) < 4.78 is 32.4. The van der Waals surface area contributed by atoms with E-state index in [2.05, 4.69) is 15.5 Å². The third-order valence-corrected chi connectivity index (χ3v) is 3.09. The zero-order valence-electron chi connectivity index (χ0n) is 9.03. The SMILES string of the molecule is C=CC(=O)OCCOS(=O)(=O)c1ccccc1. The van der Waals surface area contributed by atoms with Gasteiger partial charge < -0.3 is 4.74 Å². The molecule has 0 spiro atoms. The van der Waals surface area contributed by atoms with E-state index in [0.29, 0.717) is 0 Å². The van der Waals surface area contributed by atoms with Gasteiger partial charge in [-0.3, -0.25) is 4.18 Å². The van der Waals surface area contributed by atoms with Crippen molar-refractivity contribution >= 4 is 16.1 Å². The molecule has 1 rings (SSSR count). The molecule has 0 radical (unpaired) electrons. The monoisotopic (exact) mass is 256 g/mol. The molecule has 1 aromatic carbocycles. The van der Waals surface area contributed by atoms with Crippen LogP contribution in [0.5, 0.6) is 0 Å². The molecule has 0 heterocycles. The van der Waals surface area contributed by atoms with Crippen molar-refractivity contribution in [3.05, 3.63) is 43.0 Å². The standard InChI is InChI=1S/C11H12O5S/c1-2-11(12)15-8-9-16-17(13,14)10-6-4-3-5-7-10/h2-7H,1,8-9H2. The maximum Gasteiger partial charge on any atom is 0.330 e. The Morgan fingerprint density at radius 3 is 2.47 bits per heavy atom. The first-order chi connectivity index (χ1) is 8.06. The molecule has 1 aromatic rings. The summed E-state index contributed by atoms with van der Waals surface area (Å²) >= 11 is 0. The van der Waals surface area contributed by atoms with Crippen molar-refractivity contribution in [3.8, 4) is 0 Å². The van der Waals surface area contributed by atoms with Gasteiger partial charge in [-0.15, -0.1) is 0 Å². The molecule has 0 aliphatic rings. The predicted octanol–water partition coefficient (Wildman–Crippen LogP) is 1.12. The highest BCUT2D eigenvalue weighted by Gasteiger charge is 2.14. The van der Waals surface area contributed by atoms with E-state index in [0.717, 1.165) is 6.08 Å². The van der Waals surface area contributed by atoms with E-state index in [1.54, 1.807) is 18.2 Å². The van der Waals surface area contributed by atoms with E-state index >= 15 is 0 Å². The molecule has 0 amide bonds. The lowest BCUT2D eigenvalue weighted by atomic mass is 10.4. The highest BCUT2D eigenvalue weighted by Crippen LogP contribution is 2.10. The molecular weight excluding hydrogens is 244 g/mol. The van der Waals surface area contributed by atoms with E-state index in [1.165, 1.54) is 12.1 Å². The highest BCUT2D eigenvalue weighted by molar-refractivity contribution is 7.86. The second-order valence-corrected chi connectivity index (χ2v) is 4.58. The normalized spacial score (nSPS) is 10.8. The minimum absolute atomic E-state index is 0.0649. The van der Waals surface area contributed by atoms with Crippen LogP contribution in [-0.2, 0) is 23.8 Å². The minimum atomic E-state index is -3.78. The molecule has 0 N–H and O–H groups in total. The lowest BCUT2D eigenvalue weighted by Gasteiger charge is -2.05. The summed E-state index contributed by atoms with van der Waals surface area (Å²) in [5.41, 5.74) is 0. The van der Waals surface area contributed by atoms with Crippen LogP contribution in [0.25, 0.3) is 0 Å². The number of hydrogen-bond donors (Lipinski definition) is 0. The van der Waals surface area contributed by atoms with Gasteiger partial charge in [0.2, 0.25) is 0 Å². The van der Waals surface area contributed by atoms with E-state index in [4.69, 9.17) is 0 Å². The van der Waals surface area contributed by atoms with Crippen molar-refractivity contribution < 1.29 is 22.1 Å². The molecule has 0 saturated carbocycles. The van der Waals surface area contributed by atoms with Crippen LogP contribution < -0.4 is 0 Å². The zero-order valence-corrected chi connectivity index (χ0v) is 9.85. The van der Waals surface area contributed by atoms with Gasteiger partial charge in [0, 0.05) is 6.08 Å². The Balaban J connectivity index is 2.46. The van der Waals surface area contributed by atoms with Gasteiger partial charge >= 0.3 is 5.97 Å². The average Bonchev–Trinajstić information content (AvgIpc) is 2.35. The Labute approximate surface area is 99.8 Å². The maximum absolute atomic E-state index is 11.6. The lowest BCUT2D eigenvalue weighted by molar-refractivity contribution is -0.138. The summed E-state index contributed by atoms with van der Waals surface area (Å²) in [6, 6.07) is 7.73. The van der Waals surface area contributed by atoms with E-state index in [9.17, 15) is 13.2 Å². The summed E-state index contributed by atoms with van der Waals surface area (Å²) in [4.78, 5) is 10.7. The van der Waals surface area contributed by atoms with Crippen molar-refractivity contribution in [2.24, 2.45) is 0 Å². The lowest BCUT2D eigenvalue weighted by Crippen LogP contribution is -2.13. The van der Waals surface area contributed by atoms with Crippen LogP contribution in [0.2, 0.25) is 0 Å². The summed E-state index contributed by atoms with van der Waals surface area (Å²) in [5, 5.41) is 0. The number of hydrogen-bond acceptors (Lipinski definition) is 5. The minimum Gasteiger partial charge on any atom is -0.460 e. The molecular formula is C11H12O5S. The number of carbonyl (C=O) groups is 1. The van der Waals surface area contributed by atoms with E-state index in [-0.39, 0.29) is 18.1 Å². The second-order valence-electron chi connectivity index (χ2n) is 2.96. The van der Waals surface area contributed by atoms with E-state index in [1.807, 2.05) is 0 Å². The Bertz CT molecular complexity index is 478. The third kappa shape index (κ3) is 4.38. The van der Waals surface area contributed by atoms with Crippen LogP contribution in [0.15, 0.2) is 47.9 Å². The fourth-order valence-electron chi connectivity index (χ4n) is 1.00. The van der Waals surface area contributed by atoms with Crippen LogP contribution in [0.1, 0.15) is 0 Å². The molecule has 5 nitrogen and oxygen atoms in total. The second kappa shape index (κ2) is 6.17. The van der Waals surface area contributed by atoms with Crippen molar-refractivity contribution in [1.29, 1.82) is 0 Å². The number of ether oxygens (including phenoxy) is 1. The molecule has 17 heavy (non-hydrogen) atoms. The Morgan fingerprint density at radius 2 is 1.88 bits per heavy atom. The van der Waals surface area contributed by atoms with Gasteiger partial charge in [0.25, 0.3) is 10.1 Å². The molecule has 0 aromatic heterocycles. The fourth-order valence-corrected chi connectivity index (χ4v) is 1.91. The largest absolute Gasteiger partial charge is 0.460 e. The van der Waals surface area contributed by atoms with Crippen LogP contribution in [0.4, 0.5) is 0 Å². The molecule has 0 aliphatic heterocycles. The summed E-state index contributed by atoms with van der Waals surface area (Å²) in [5.74, 6) is -0.620. The number of carbonyl (C=O) groups excluding carboxylic acids is 1. The van der Waals surface area contributed by atoms with Crippen molar-refractivity contribution in [2.75, 3.05) is 13.2 Å². The van der Waals surface area contributed by atoms with Crippen LogP contribution in [0.3, 0.4) is 0 Å². The van der Waals surface area contributed by atoms with E-state index < -0.39 is 16.1 Å².